The number of fused-ring (bicyclic) bond motifs is 1. The number of hydrogen-bond donors (Lipinski definition) is 1. The highest BCUT2D eigenvalue weighted by atomic mass is 15.0. The molecule has 0 aliphatic carbocycles. The van der Waals surface area contributed by atoms with Gasteiger partial charge in [0.1, 0.15) is 5.65 Å². The monoisotopic (exact) mass is 300 g/mol. The van der Waals surface area contributed by atoms with Crippen LogP contribution in [-0.2, 0) is 6.54 Å². The molecule has 3 heterocycles. The van der Waals surface area contributed by atoms with Gasteiger partial charge in [-0.05, 0) is 29.8 Å². The van der Waals surface area contributed by atoms with Crippen molar-refractivity contribution in [3.8, 4) is 22.5 Å². The van der Waals surface area contributed by atoms with Crippen molar-refractivity contribution < 1.29 is 0 Å². The molecule has 0 spiro atoms. The van der Waals surface area contributed by atoms with E-state index in [2.05, 4.69) is 50.8 Å². The van der Waals surface area contributed by atoms with Gasteiger partial charge in [-0.1, -0.05) is 30.3 Å². The summed E-state index contributed by atoms with van der Waals surface area (Å²) in [4.78, 5) is 8.93. The van der Waals surface area contributed by atoms with E-state index in [1.807, 2.05) is 30.6 Å². The molecule has 112 valence electrons. The molecule has 4 nitrogen and oxygen atoms in total. The first-order chi connectivity index (χ1) is 11.3. The van der Waals surface area contributed by atoms with Crippen LogP contribution in [0.5, 0.6) is 0 Å². The van der Waals surface area contributed by atoms with E-state index in [0.29, 0.717) is 6.54 Å². The van der Waals surface area contributed by atoms with Gasteiger partial charge in [0.15, 0.2) is 0 Å². The third-order valence-corrected chi connectivity index (χ3v) is 3.96. The van der Waals surface area contributed by atoms with E-state index in [1.54, 1.807) is 6.20 Å². The van der Waals surface area contributed by atoms with Crippen LogP contribution in [0.1, 0.15) is 5.56 Å². The topological polar surface area (TPSA) is 56.2 Å². The Hall–Kier alpha value is -2.98. The summed E-state index contributed by atoms with van der Waals surface area (Å²) in [5.74, 6) is 0. The standard InChI is InChI=1S/C19H16N4/c20-12-14-4-6-15(7-5-14)18-13-22-19-11-16(8-10-23(18)19)17-3-1-2-9-21-17/h1-11,13H,12,20H2. The third-order valence-electron chi connectivity index (χ3n) is 3.96. The van der Waals surface area contributed by atoms with E-state index < -0.39 is 0 Å². The largest absolute Gasteiger partial charge is 0.326 e. The van der Waals surface area contributed by atoms with Gasteiger partial charge in [-0.3, -0.25) is 9.38 Å². The lowest BCUT2D eigenvalue weighted by atomic mass is 10.1. The van der Waals surface area contributed by atoms with Gasteiger partial charge in [0.25, 0.3) is 0 Å². The minimum Gasteiger partial charge on any atom is -0.326 e. The molecule has 4 rings (SSSR count). The van der Waals surface area contributed by atoms with Gasteiger partial charge in [-0.25, -0.2) is 4.98 Å². The molecule has 0 bridgehead atoms. The molecule has 0 radical (unpaired) electrons. The van der Waals surface area contributed by atoms with E-state index in [9.17, 15) is 0 Å². The number of nitrogens with two attached hydrogens (primary N) is 1. The Balaban J connectivity index is 1.78. The molecule has 0 unspecified atom stereocenters. The minimum atomic E-state index is 0.556. The Morgan fingerprint density at radius 2 is 1.78 bits per heavy atom. The van der Waals surface area contributed by atoms with Crippen LogP contribution in [-0.4, -0.2) is 14.4 Å². The lowest BCUT2D eigenvalue weighted by Gasteiger charge is -2.05. The summed E-state index contributed by atoms with van der Waals surface area (Å²) >= 11 is 0. The smallest absolute Gasteiger partial charge is 0.137 e. The summed E-state index contributed by atoms with van der Waals surface area (Å²) in [5, 5.41) is 0. The zero-order valence-electron chi connectivity index (χ0n) is 12.6. The second-order valence-electron chi connectivity index (χ2n) is 5.40. The molecular weight excluding hydrogens is 284 g/mol. The highest BCUT2D eigenvalue weighted by molar-refractivity contribution is 5.69. The van der Waals surface area contributed by atoms with Gasteiger partial charge in [-0.2, -0.15) is 0 Å². The van der Waals surface area contributed by atoms with Gasteiger partial charge in [0, 0.05) is 30.1 Å². The molecule has 4 heteroatoms. The van der Waals surface area contributed by atoms with Crippen LogP contribution in [0.25, 0.3) is 28.2 Å². The Morgan fingerprint density at radius 1 is 0.913 bits per heavy atom. The van der Waals surface area contributed by atoms with Crippen molar-refractivity contribution in [1.29, 1.82) is 0 Å². The average Bonchev–Trinajstić information content (AvgIpc) is 3.05. The normalized spacial score (nSPS) is 11.0. The minimum absolute atomic E-state index is 0.556. The number of nitrogens with zero attached hydrogens (tertiary/aromatic N) is 3. The predicted octanol–water partition coefficient (Wildman–Crippen LogP) is 3.52. The molecule has 0 saturated carbocycles. The number of aromatic nitrogens is 3. The van der Waals surface area contributed by atoms with E-state index in [-0.39, 0.29) is 0 Å². The second-order valence-corrected chi connectivity index (χ2v) is 5.40. The number of rotatable bonds is 3. The fourth-order valence-corrected chi connectivity index (χ4v) is 2.70. The molecule has 0 atom stereocenters. The van der Waals surface area contributed by atoms with Crippen LogP contribution in [0.3, 0.4) is 0 Å². The van der Waals surface area contributed by atoms with E-state index in [4.69, 9.17) is 5.73 Å². The van der Waals surface area contributed by atoms with Crippen LogP contribution in [0, 0.1) is 0 Å². The first-order valence-electron chi connectivity index (χ1n) is 7.53. The SMILES string of the molecule is NCc1ccc(-c2cnc3cc(-c4ccccn4)ccn23)cc1. The first-order valence-corrected chi connectivity index (χ1v) is 7.53. The first kappa shape index (κ1) is 13.7. The summed E-state index contributed by atoms with van der Waals surface area (Å²) in [5.41, 5.74) is 11.9. The number of pyridine rings is 2. The van der Waals surface area contributed by atoms with Crippen molar-refractivity contribution in [2.24, 2.45) is 5.73 Å². The Labute approximate surface area is 134 Å². The van der Waals surface area contributed by atoms with Crippen LogP contribution >= 0.6 is 0 Å². The zero-order valence-corrected chi connectivity index (χ0v) is 12.6. The summed E-state index contributed by atoms with van der Waals surface area (Å²) in [6.07, 6.45) is 5.74. The fourth-order valence-electron chi connectivity index (χ4n) is 2.70. The molecule has 0 aliphatic heterocycles. The second kappa shape index (κ2) is 5.66. The molecule has 23 heavy (non-hydrogen) atoms. The van der Waals surface area contributed by atoms with Crippen LogP contribution in [0.15, 0.2) is 73.2 Å². The van der Waals surface area contributed by atoms with E-state index >= 15 is 0 Å². The Kier molecular flexibility index (Phi) is 3.37. The van der Waals surface area contributed by atoms with Gasteiger partial charge < -0.3 is 5.73 Å². The quantitative estimate of drug-likeness (QED) is 0.630. The van der Waals surface area contributed by atoms with Crippen molar-refractivity contribution in [2.45, 2.75) is 6.54 Å². The molecule has 4 aromatic rings. The van der Waals surface area contributed by atoms with Crippen LogP contribution in [0.4, 0.5) is 0 Å². The van der Waals surface area contributed by atoms with Crippen molar-refractivity contribution in [2.75, 3.05) is 0 Å². The summed E-state index contributed by atoms with van der Waals surface area (Å²) in [7, 11) is 0. The molecule has 0 fully saturated rings. The lowest BCUT2D eigenvalue weighted by molar-refractivity contribution is 1.07. The summed E-state index contributed by atoms with van der Waals surface area (Å²) in [6, 6.07) is 18.3. The molecule has 1 aromatic carbocycles. The highest BCUT2D eigenvalue weighted by Crippen LogP contribution is 2.24. The maximum Gasteiger partial charge on any atom is 0.137 e. The van der Waals surface area contributed by atoms with Crippen molar-refractivity contribution >= 4 is 5.65 Å². The molecular formula is C19H16N4. The van der Waals surface area contributed by atoms with Gasteiger partial charge in [0.2, 0.25) is 0 Å². The predicted molar refractivity (Wildman–Crippen MR) is 91.8 cm³/mol. The number of benzene rings is 1. The highest BCUT2D eigenvalue weighted by Gasteiger charge is 2.07. The van der Waals surface area contributed by atoms with Crippen molar-refractivity contribution in [3.63, 3.8) is 0 Å². The van der Waals surface area contributed by atoms with Gasteiger partial charge >= 0.3 is 0 Å². The molecule has 3 aromatic heterocycles. The summed E-state index contributed by atoms with van der Waals surface area (Å²) in [6.45, 7) is 0.556. The van der Waals surface area contributed by atoms with E-state index in [1.165, 1.54) is 0 Å². The Morgan fingerprint density at radius 3 is 2.52 bits per heavy atom. The van der Waals surface area contributed by atoms with Crippen LogP contribution < -0.4 is 5.73 Å². The van der Waals surface area contributed by atoms with Crippen LogP contribution in [0.2, 0.25) is 0 Å². The molecule has 0 aliphatic rings. The zero-order chi connectivity index (χ0) is 15.6. The van der Waals surface area contributed by atoms with Gasteiger partial charge in [-0.15, -0.1) is 0 Å². The lowest BCUT2D eigenvalue weighted by Crippen LogP contribution is -1.95. The number of imidazole rings is 1. The van der Waals surface area contributed by atoms with Gasteiger partial charge in [0.05, 0.1) is 17.6 Å². The van der Waals surface area contributed by atoms with Crippen molar-refractivity contribution in [3.05, 3.63) is 78.8 Å². The Bertz CT molecular complexity index is 940. The summed E-state index contributed by atoms with van der Waals surface area (Å²) < 4.78 is 2.09. The van der Waals surface area contributed by atoms with E-state index in [0.717, 1.165) is 33.7 Å². The number of hydrogen-bond acceptors (Lipinski definition) is 3. The fraction of sp³-hybridized carbons (Fsp3) is 0.0526. The molecule has 2 N–H and O–H groups in total. The van der Waals surface area contributed by atoms with Crippen molar-refractivity contribution in [1.82, 2.24) is 14.4 Å². The maximum atomic E-state index is 5.66. The maximum absolute atomic E-state index is 5.66. The third kappa shape index (κ3) is 2.49. The average molecular weight is 300 g/mol. The molecule has 0 saturated heterocycles. The molecule has 0 amide bonds.